The Balaban J connectivity index is 1.36. The molecule has 0 aliphatic heterocycles. The summed E-state index contributed by atoms with van der Waals surface area (Å²) >= 11 is 0. The fourth-order valence-corrected chi connectivity index (χ4v) is 5.04. The van der Waals surface area contributed by atoms with E-state index >= 15 is 0 Å². The van der Waals surface area contributed by atoms with E-state index in [0.29, 0.717) is 11.5 Å². The van der Waals surface area contributed by atoms with Gasteiger partial charge >= 0.3 is 8.25 Å². The van der Waals surface area contributed by atoms with Gasteiger partial charge in [-0.1, -0.05) is 84.9 Å². The summed E-state index contributed by atoms with van der Waals surface area (Å²) < 4.78 is 24.5. The first-order valence-corrected chi connectivity index (χ1v) is 11.5. The molecule has 3 nitrogen and oxygen atoms in total. The van der Waals surface area contributed by atoms with E-state index in [1.54, 1.807) is 0 Å². The summed E-state index contributed by atoms with van der Waals surface area (Å²) in [5, 5.41) is 8.49. The Morgan fingerprint density at radius 3 is 1.34 bits per heavy atom. The molecule has 0 amide bonds. The summed E-state index contributed by atoms with van der Waals surface area (Å²) in [6.45, 7) is 0. The molecule has 0 heterocycles. The molecule has 6 aromatic rings. The highest BCUT2D eigenvalue weighted by atomic mass is 31.1. The second kappa shape index (κ2) is 7.64. The van der Waals surface area contributed by atoms with Crippen LogP contribution in [0.15, 0.2) is 109 Å². The first-order chi connectivity index (χ1) is 15.8. The van der Waals surface area contributed by atoms with Crippen molar-refractivity contribution in [3.63, 3.8) is 0 Å². The van der Waals surface area contributed by atoms with Crippen LogP contribution in [-0.4, -0.2) is 0 Å². The van der Waals surface area contributed by atoms with E-state index in [9.17, 15) is 4.57 Å². The van der Waals surface area contributed by atoms with Gasteiger partial charge in [0.25, 0.3) is 0 Å². The monoisotopic (exact) mass is 433 g/mol. The lowest BCUT2D eigenvalue weighted by Gasteiger charge is -2.06. The first-order valence-electron chi connectivity index (χ1n) is 10.4. The highest BCUT2D eigenvalue weighted by Gasteiger charge is 2.26. The Morgan fingerprint density at radius 2 is 0.844 bits per heavy atom. The van der Waals surface area contributed by atoms with Crippen LogP contribution in [-0.2, 0) is 4.57 Å². The molecule has 0 spiro atoms. The summed E-state index contributed by atoms with van der Waals surface area (Å²) in [6.07, 6.45) is 0. The second-order valence-corrected chi connectivity index (χ2v) is 8.49. The van der Waals surface area contributed by atoms with Crippen molar-refractivity contribution in [2.24, 2.45) is 0 Å². The molecule has 0 aliphatic rings. The molecule has 0 saturated carbocycles. The Labute approximate surface area is 185 Å². The van der Waals surface area contributed by atoms with Crippen LogP contribution in [0, 0.1) is 0 Å². The molecule has 0 fully saturated rings. The number of rotatable bonds is 4. The molecule has 4 heteroatoms. The van der Waals surface area contributed by atoms with Crippen LogP contribution in [0.3, 0.4) is 0 Å². The van der Waals surface area contributed by atoms with Gasteiger partial charge in [0.2, 0.25) is 0 Å². The SMILES string of the molecule is O=[P+](Oc1cccc2c1ccc1ccccc12)Oc1cccc2c1ccc1ccccc12. The van der Waals surface area contributed by atoms with Gasteiger partial charge in [-0.05, 0) is 56.6 Å². The van der Waals surface area contributed by atoms with E-state index in [2.05, 4.69) is 24.3 Å². The minimum absolute atomic E-state index is 0.542. The third kappa shape index (κ3) is 3.15. The Bertz CT molecular complexity index is 1530. The van der Waals surface area contributed by atoms with Gasteiger partial charge in [0.15, 0.2) is 11.5 Å². The average molecular weight is 433 g/mol. The summed E-state index contributed by atoms with van der Waals surface area (Å²) in [4.78, 5) is 0. The molecular weight excluding hydrogens is 415 g/mol. The van der Waals surface area contributed by atoms with Gasteiger partial charge in [0, 0.05) is 15.3 Å². The van der Waals surface area contributed by atoms with Crippen molar-refractivity contribution in [2.45, 2.75) is 0 Å². The van der Waals surface area contributed by atoms with Crippen molar-refractivity contribution >= 4 is 51.3 Å². The molecule has 0 radical (unpaired) electrons. The summed E-state index contributed by atoms with van der Waals surface area (Å²) in [6, 6.07) is 36.1. The minimum atomic E-state index is -2.42. The van der Waals surface area contributed by atoms with E-state index in [-0.39, 0.29) is 0 Å². The zero-order chi connectivity index (χ0) is 21.5. The van der Waals surface area contributed by atoms with Crippen molar-refractivity contribution in [1.82, 2.24) is 0 Å². The Morgan fingerprint density at radius 1 is 0.406 bits per heavy atom. The fourth-order valence-electron chi connectivity index (χ4n) is 4.36. The van der Waals surface area contributed by atoms with Crippen LogP contribution < -0.4 is 9.05 Å². The van der Waals surface area contributed by atoms with Crippen molar-refractivity contribution in [1.29, 1.82) is 0 Å². The van der Waals surface area contributed by atoms with Gasteiger partial charge in [-0.3, -0.25) is 0 Å². The Hall–Kier alpha value is -3.94. The maximum absolute atomic E-state index is 12.9. The minimum Gasteiger partial charge on any atom is -0.222 e. The Kier molecular flexibility index (Phi) is 4.49. The highest BCUT2D eigenvalue weighted by Crippen LogP contribution is 2.40. The lowest BCUT2D eigenvalue weighted by Crippen LogP contribution is -1.91. The third-order valence-electron chi connectivity index (χ3n) is 5.84. The quantitative estimate of drug-likeness (QED) is 0.207. The van der Waals surface area contributed by atoms with E-state index in [1.807, 2.05) is 84.9 Å². The van der Waals surface area contributed by atoms with Crippen molar-refractivity contribution < 1.29 is 13.6 Å². The zero-order valence-corrected chi connectivity index (χ0v) is 18.0. The maximum atomic E-state index is 12.9. The molecule has 6 aromatic carbocycles. The van der Waals surface area contributed by atoms with Crippen LogP contribution in [0.1, 0.15) is 0 Å². The molecule has 0 saturated heterocycles. The lowest BCUT2D eigenvalue weighted by atomic mass is 10.0. The summed E-state index contributed by atoms with van der Waals surface area (Å²) in [7, 11) is -2.42. The molecule has 0 unspecified atom stereocenters. The first kappa shape index (κ1) is 18.8. The van der Waals surface area contributed by atoms with Crippen LogP contribution in [0.25, 0.3) is 43.1 Å². The van der Waals surface area contributed by atoms with Gasteiger partial charge in [-0.2, -0.15) is 0 Å². The van der Waals surface area contributed by atoms with Crippen LogP contribution in [0.2, 0.25) is 0 Å². The largest absolute Gasteiger partial charge is 0.805 e. The van der Waals surface area contributed by atoms with Crippen molar-refractivity contribution in [3.05, 3.63) is 109 Å². The van der Waals surface area contributed by atoms with Crippen molar-refractivity contribution in [2.75, 3.05) is 0 Å². The molecule has 32 heavy (non-hydrogen) atoms. The molecule has 0 aromatic heterocycles. The molecule has 6 rings (SSSR count). The summed E-state index contributed by atoms with van der Waals surface area (Å²) in [5.74, 6) is 1.08. The maximum Gasteiger partial charge on any atom is 0.805 e. The lowest BCUT2D eigenvalue weighted by molar-refractivity contribution is 0.419. The van der Waals surface area contributed by atoms with Gasteiger partial charge in [0.05, 0.1) is 0 Å². The molecule has 0 aliphatic carbocycles. The van der Waals surface area contributed by atoms with E-state index in [0.717, 1.165) is 43.1 Å². The molecular formula is C28H18O3P+. The molecule has 152 valence electrons. The highest BCUT2D eigenvalue weighted by molar-refractivity contribution is 7.34. The standard InChI is InChI=1S/C28H18O3P/c29-32(30-27-13-5-11-23-21-9-3-1-7-19(21)15-17-25(23)27)31-28-14-6-12-24-22-10-4-2-8-20(22)16-18-26(24)28/h1-18H/q+1. The molecule has 0 N–H and O–H groups in total. The number of fused-ring (bicyclic) bond motifs is 6. The van der Waals surface area contributed by atoms with Crippen LogP contribution >= 0.6 is 8.25 Å². The van der Waals surface area contributed by atoms with Crippen molar-refractivity contribution in [3.8, 4) is 11.5 Å². The molecule has 0 bridgehead atoms. The number of benzene rings is 6. The van der Waals surface area contributed by atoms with Crippen LogP contribution in [0.5, 0.6) is 11.5 Å². The topological polar surface area (TPSA) is 35.5 Å². The van der Waals surface area contributed by atoms with Gasteiger partial charge < -0.3 is 0 Å². The van der Waals surface area contributed by atoms with Gasteiger partial charge in [-0.25, -0.2) is 9.05 Å². The third-order valence-corrected chi connectivity index (χ3v) is 6.53. The number of hydrogen-bond donors (Lipinski definition) is 0. The summed E-state index contributed by atoms with van der Waals surface area (Å²) in [5.41, 5.74) is 0. The van der Waals surface area contributed by atoms with E-state index in [1.165, 1.54) is 0 Å². The smallest absolute Gasteiger partial charge is 0.222 e. The van der Waals surface area contributed by atoms with Gasteiger partial charge in [0.1, 0.15) is 0 Å². The average Bonchev–Trinajstić information content (AvgIpc) is 2.84. The van der Waals surface area contributed by atoms with E-state index in [4.69, 9.17) is 9.05 Å². The fraction of sp³-hybridized carbons (Fsp3) is 0. The van der Waals surface area contributed by atoms with Gasteiger partial charge in [-0.15, -0.1) is 0 Å². The van der Waals surface area contributed by atoms with E-state index < -0.39 is 8.25 Å². The zero-order valence-electron chi connectivity index (χ0n) is 17.1. The second-order valence-electron chi connectivity index (χ2n) is 7.68. The van der Waals surface area contributed by atoms with Crippen LogP contribution in [0.4, 0.5) is 0 Å². The predicted molar refractivity (Wildman–Crippen MR) is 132 cm³/mol. The molecule has 0 atom stereocenters. The number of hydrogen-bond acceptors (Lipinski definition) is 3. The normalized spacial score (nSPS) is 11.2. The predicted octanol–water partition coefficient (Wildman–Crippen LogP) is 8.41.